The molecule has 2 N–H and O–H groups in total. The second kappa shape index (κ2) is 8.67. The molecule has 1 rings (SSSR count). The summed E-state index contributed by atoms with van der Waals surface area (Å²) in [5.74, 6) is 1.73. The van der Waals surface area contributed by atoms with E-state index >= 15 is 0 Å². The lowest BCUT2D eigenvalue weighted by atomic mass is 9.94. The van der Waals surface area contributed by atoms with E-state index in [1.54, 1.807) is 6.33 Å². The SMILES string of the molecule is C[C](C)CC(N)c1cncnc1C(C)C.Cl.Cl. The van der Waals surface area contributed by atoms with Crippen molar-refractivity contribution in [3.05, 3.63) is 29.7 Å². The van der Waals surface area contributed by atoms with Crippen molar-refractivity contribution in [1.29, 1.82) is 0 Å². The summed E-state index contributed by atoms with van der Waals surface area (Å²) in [6.45, 7) is 8.44. The van der Waals surface area contributed by atoms with Gasteiger partial charge in [0.2, 0.25) is 0 Å². The third-order valence-corrected chi connectivity index (χ3v) is 2.35. The van der Waals surface area contributed by atoms with Crippen LogP contribution >= 0.6 is 24.8 Å². The molecule has 0 spiro atoms. The summed E-state index contributed by atoms with van der Waals surface area (Å²) in [4.78, 5) is 8.36. The number of rotatable bonds is 4. The van der Waals surface area contributed by atoms with Crippen LogP contribution in [-0.2, 0) is 0 Å². The van der Waals surface area contributed by atoms with Gasteiger partial charge in [0.15, 0.2) is 0 Å². The van der Waals surface area contributed by atoms with Crippen molar-refractivity contribution in [1.82, 2.24) is 9.97 Å². The molecule has 0 amide bonds. The van der Waals surface area contributed by atoms with Crippen molar-refractivity contribution in [2.75, 3.05) is 0 Å². The number of hydrogen-bond acceptors (Lipinski definition) is 3. The lowest BCUT2D eigenvalue weighted by Gasteiger charge is -2.18. The fraction of sp³-hybridized carbons (Fsp3) is 0.583. The molecule has 0 bridgehead atoms. The van der Waals surface area contributed by atoms with Crippen molar-refractivity contribution in [3.63, 3.8) is 0 Å². The van der Waals surface area contributed by atoms with Gasteiger partial charge in [-0.2, -0.15) is 0 Å². The topological polar surface area (TPSA) is 51.8 Å². The molecule has 0 fully saturated rings. The van der Waals surface area contributed by atoms with Gasteiger partial charge in [-0.15, -0.1) is 24.8 Å². The van der Waals surface area contributed by atoms with Crippen LogP contribution < -0.4 is 5.73 Å². The van der Waals surface area contributed by atoms with Gasteiger partial charge >= 0.3 is 0 Å². The monoisotopic (exact) mass is 278 g/mol. The number of hydrogen-bond donors (Lipinski definition) is 1. The third kappa shape index (κ3) is 5.66. The van der Waals surface area contributed by atoms with Gasteiger partial charge in [-0.25, -0.2) is 9.97 Å². The minimum absolute atomic E-state index is 0. The van der Waals surface area contributed by atoms with Crippen LogP contribution in [0.15, 0.2) is 12.5 Å². The van der Waals surface area contributed by atoms with E-state index in [0.29, 0.717) is 5.92 Å². The van der Waals surface area contributed by atoms with Gasteiger partial charge in [0.05, 0.1) is 5.69 Å². The van der Waals surface area contributed by atoms with Crippen LogP contribution in [0.3, 0.4) is 0 Å². The molecule has 1 aromatic rings. The lowest BCUT2D eigenvalue weighted by Crippen LogP contribution is -2.16. The van der Waals surface area contributed by atoms with Gasteiger partial charge in [0, 0.05) is 17.8 Å². The van der Waals surface area contributed by atoms with Gasteiger partial charge in [0.1, 0.15) is 6.33 Å². The summed E-state index contributed by atoms with van der Waals surface area (Å²) in [6.07, 6.45) is 4.33. The van der Waals surface area contributed by atoms with Crippen molar-refractivity contribution in [2.24, 2.45) is 5.73 Å². The highest BCUT2D eigenvalue weighted by molar-refractivity contribution is 5.85. The molecular weight excluding hydrogens is 257 g/mol. The quantitative estimate of drug-likeness (QED) is 0.918. The smallest absolute Gasteiger partial charge is 0.115 e. The zero-order chi connectivity index (χ0) is 11.4. The fourth-order valence-electron chi connectivity index (χ4n) is 1.67. The van der Waals surface area contributed by atoms with E-state index < -0.39 is 0 Å². The lowest BCUT2D eigenvalue weighted by molar-refractivity contribution is 0.637. The molecule has 1 aromatic heterocycles. The Morgan fingerprint density at radius 3 is 2.35 bits per heavy atom. The van der Waals surface area contributed by atoms with Gasteiger partial charge in [-0.3, -0.25) is 0 Å². The first-order chi connectivity index (χ1) is 7.02. The van der Waals surface area contributed by atoms with Gasteiger partial charge < -0.3 is 5.73 Å². The largest absolute Gasteiger partial charge is 0.324 e. The second-order valence-corrected chi connectivity index (χ2v) is 4.54. The van der Waals surface area contributed by atoms with E-state index in [1.807, 2.05) is 6.20 Å². The van der Waals surface area contributed by atoms with Crippen LogP contribution in [0.5, 0.6) is 0 Å². The molecule has 0 saturated heterocycles. The zero-order valence-electron chi connectivity index (χ0n) is 10.8. The molecule has 1 unspecified atom stereocenters. The summed E-state index contributed by atoms with van der Waals surface area (Å²) in [5.41, 5.74) is 8.28. The molecular formula is C12H22Cl2N3. The second-order valence-electron chi connectivity index (χ2n) is 4.54. The van der Waals surface area contributed by atoms with E-state index in [1.165, 1.54) is 5.92 Å². The Balaban J connectivity index is 0. The Hall–Kier alpha value is -0.380. The highest BCUT2D eigenvalue weighted by Crippen LogP contribution is 2.25. The molecule has 0 aromatic carbocycles. The fourth-order valence-corrected chi connectivity index (χ4v) is 1.67. The standard InChI is InChI=1S/C12H20N3.2ClH/c1-8(2)5-11(13)10-6-14-7-15-12(10)9(3)4;;/h6-7,9,11H,5,13H2,1-4H3;2*1H. The number of nitrogens with two attached hydrogens (primary N) is 1. The maximum atomic E-state index is 6.13. The maximum Gasteiger partial charge on any atom is 0.115 e. The molecule has 0 aliphatic heterocycles. The van der Waals surface area contributed by atoms with E-state index in [4.69, 9.17) is 5.73 Å². The van der Waals surface area contributed by atoms with Crippen molar-refractivity contribution >= 4 is 24.8 Å². The summed E-state index contributed by atoms with van der Waals surface area (Å²) in [5, 5.41) is 0. The average molecular weight is 279 g/mol. The van der Waals surface area contributed by atoms with Crippen molar-refractivity contribution < 1.29 is 0 Å². The van der Waals surface area contributed by atoms with Crippen LogP contribution in [0.4, 0.5) is 0 Å². The average Bonchev–Trinajstić information content (AvgIpc) is 2.16. The first-order valence-electron chi connectivity index (χ1n) is 5.36. The Morgan fingerprint density at radius 2 is 1.88 bits per heavy atom. The summed E-state index contributed by atoms with van der Waals surface area (Å²) in [6, 6.07) is 0.0219. The highest BCUT2D eigenvalue weighted by Gasteiger charge is 2.15. The predicted octanol–water partition coefficient (Wildman–Crippen LogP) is 3.45. The molecule has 1 atom stereocenters. The predicted molar refractivity (Wildman–Crippen MR) is 76.8 cm³/mol. The summed E-state index contributed by atoms with van der Waals surface area (Å²) < 4.78 is 0. The van der Waals surface area contributed by atoms with Crippen LogP contribution in [0.1, 0.15) is 57.3 Å². The van der Waals surface area contributed by atoms with Crippen molar-refractivity contribution in [2.45, 2.75) is 46.1 Å². The van der Waals surface area contributed by atoms with Crippen LogP contribution in [0.25, 0.3) is 0 Å². The number of aromatic nitrogens is 2. The van der Waals surface area contributed by atoms with E-state index in [-0.39, 0.29) is 30.9 Å². The minimum atomic E-state index is 0. The van der Waals surface area contributed by atoms with Crippen molar-refractivity contribution in [3.8, 4) is 0 Å². The van der Waals surface area contributed by atoms with Gasteiger partial charge in [-0.1, -0.05) is 27.7 Å². The van der Waals surface area contributed by atoms with Crippen LogP contribution in [-0.4, -0.2) is 9.97 Å². The molecule has 5 heteroatoms. The molecule has 99 valence electrons. The normalized spacial score (nSPS) is 11.9. The first kappa shape index (κ1) is 19.0. The number of halogens is 2. The van der Waals surface area contributed by atoms with E-state index in [0.717, 1.165) is 17.7 Å². The minimum Gasteiger partial charge on any atom is -0.324 e. The molecule has 0 aliphatic carbocycles. The van der Waals surface area contributed by atoms with Crippen LogP contribution in [0, 0.1) is 5.92 Å². The molecule has 3 nitrogen and oxygen atoms in total. The van der Waals surface area contributed by atoms with E-state index in [2.05, 4.69) is 37.7 Å². The van der Waals surface area contributed by atoms with Gasteiger partial charge in [-0.05, 0) is 18.3 Å². The molecule has 0 aliphatic rings. The summed E-state index contributed by atoms with van der Waals surface area (Å²) >= 11 is 0. The Kier molecular flexibility index (Phi) is 9.68. The molecule has 1 heterocycles. The maximum absolute atomic E-state index is 6.13. The molecule has 1 radical (unpaired) electrons. The van der Waals surface area contributed by atoms with E-state index in [9.17, 15) is 0 Å². The summed E-state index contributed by atoms with van der Waals surface area (Å²) in [7, 11) is 0. The van der Waals surface area contributed by atoms with Crippen LogP contribution in [0.2, 0.25) is 0 Å². The third-order valence-electron chi connectivity index (χ3n) is 2.35. The highest BCUT2D eigenvalue weighted by atomic mass is 35.5. The first-order valence-corrected chi connectivity index (χ1v) is 5.36. The molecule has 17 heavy (non-hydrogen) atoms. The molecule has 0 saturated carbocycles. The van der Waals surface area contributed by atoms with Gasteiger partial charge in [0.25, 0.3) is 0 Å². The Bertz CT molecular complexity index is 316. The Morgan fingerprint density at radius 1 is 1.29 bits per heavy atom. The zero-order valence-corrected chi connectivity index (χ0v) is 12.4. The number of nitrogens with zero attached hydrogens (tertiary/aromatic N) is 2. The Labute approximate surface area is 116 Å².